The Morgan fingerprint density at radius 2 is 2.00 bits per heavy atom. The van der Waals surface area contributed by atoms with Crippen LogP contribution in [0.15, 0.2) is 23.8 Å². The second-order valence-corrected chi connectivity index (χ2v) is 8.17. The second-order valence-electron chi connectivity index (χ2n) is 8.17. The molecular weight excluding hydrogens is 343 g/mol. The normalized spacial score (nSPS) is 21.3. The highest BCUT2D eigenvalue weighted by molar-refractivity contribution is 5.92. The number of carbonyl (C=O) groups is 1. The fourth-order valence-corrected chi connectivity index (χ4v) is 4.00. The van der Waals surface area contributed by atoms with Crippen LogP contribution in [0.1, 0.15) is 50.5 Å². The summed E-state index contributed by atoms with van der Waals surface area (Å²) in [6, 6.07) is 3.83. The van der Waals surface area contributed by atoms with Crippen molar-refractivity contribution < 1.29 is 9.18 Å². The molecule has 0 radical (unpaired) electrons. The molecule has 0 aromatic carbocycles. The van der Waals surface area contributed by atoms with Gasteiger partial charge in [-0.25, -0.2) is 4.98 Å². The van der Waals surface area contributed by atoms with Crippen LogP contribution in [0, 0.1) is 11.4 Å². The molecule has 1 aliphatic heterocycles. The number of hydrogen-bond acceptors (Lipinski definition) is 4. The molecule has 148 valence electrons. The summed E-state index contributed by atoms with van der Waals surface area (Å²) in [5.74, 6) is -0.941. The van der Waals surface area contributed by atoms with E-state index < -0.39 is 5.95 Å². The van der Waals surface area contributed by atoms with Gasteiger partial charge in [-0.2, -0.15) is 4.39 Å². The van der Waals surface area contributed by atoms with Crippen LogP contribution < -0.4 is 10.2 Å². The van der Waals surface area contributed by atoms with Crippen LogP contribution in [0.3, 0.4) is 0 Å². The molecule has 3 rings (SSSR count). The number of carbonyl (C=O) groups excluding carboxylic acids is 1. The van der Waals surface area contributed by atoms with Crippen molar-refractivity contribution in [2.45, 2.75) is 46.1 Å². The van der Waals surface area contributed by atoms with Crippen LogP contribution in [0.25, 0.3) is 0 Å². The van der Waals surface area contributed by atoms with Crippen molar-refractivity contribution in [1.82, 2.24) is 15.2 Å². The number of rotatable bonds is 5. The number of pyridine rings is 1. The SMILES string of the molecule is CCC(C)(C)C1=CCC(N2CCN(c3ccc(C(=O)NC)nc3F)CC2)C1. The number of hydrogen-bond donors (Lipinski definition) is 1. The Kier molecular flexibility index (Phi) is 5.84. The van der Waals surface area contributed by atoms with Gasteiger partial charge in [-0.3, -0.25) is 9.69 Å². The van der Waals surface area contributed by atoms with Crippen LogP contribution in [-0.4, -0.2) is 55.1 Å². The summed E-state index contributed by atoms with van der Waals surface area (Å²) in [5.41, 5.74) is 2.47. The van der Waals surface area contributed by atoms with Crippen LogP contribution in [0.4, 0.5) is 10.1 Å². The zero-order chi connectivity index (χ0) is 19.6. The highest BCUT2D eigenvalue weighted by Gasteiger charge is 2.32. The van der Waals surface area contributed by atoms with E-state index in [0.717, 1.165) is 45.4 Å². The van der Waals surface area contributed by atoms with Crippen molar-refractivity contribution in [2.75, 3.05) is 38.1 Å². The first kappa shape index (κ1) is 19.8. The Morgan fingerprint density at radius 1 is 1.30 bits per heavy atom. The van der Waals surface area contributed by atoms with Crippen molar-refractivity contribution in [3.8, 4) is 0 Å². The number of aromatic nitrogens is 1. The van der Waals surface area contributed by atoms with E-state index in [1.165, 1.54) is 7.05 Å². The van der Waals surface area contributed by atoms with Crippen LogP contribution >= 0.6 is 0 Å². The van der Waals surface area contributed by atoms with E-state index in [4.69, 9.17) is 0 Å². The lowest BCUT2D eigenvalue weighted by atomic mass is 9.81. The van der Waals surface area contributed by atoms with Gasteiger partial charge in [0.15, 0.2) is 0 Å². The third-order valence-corrected chi connectivity index (χ3v) is 6.31. The lowest BCUT2D eigenvalue weighted by Gasteiger charge is -2.39. The lowest BCUT2D eigenvalue weighted by molar-refractivity contribution is 0.0957. The van der Waals surface area contributed by atoms with Gasteiger partial charge in [0.1, 0.15) is 5.69 Å². The number of nitrogens with one attached hydrogen (secondary N) is 1. The first-order valence-corrected chi connectivity index (χ1v) is 9.93. The van der Waals surface area contributed by atoms with E-state index in [0.29, 0.717) is 11.7 Å². The monoisotopic (exact) mass is 374 g/mol. The number of amides is 1. The van der Waals surface area contributed by atoms with E-state index in [2.05, 4.69) is 42.0 Å². The lowest BCUT2D eigenvalue weighted by Crippen LogP contribution is -2.50. The van der Waals surface area contributed by atoms with Crippen molar-refractivity contribution in [3.63, 3.8) is 0 Å². The molecule has 0 spiro atoms. The maximum absolute atomic E-state index is 14.4. The smallest absolute Gasteiger partial charge is 0.269 e. The zero-order valence-electron chi connectivity index (χ0n) is 16.9. The minimum Gasteiger partial charge on any atom is -0.365 e. The highest BCUT2D eigenvalue weighted by Crippen LogP contribution is 2.39. The largest absolute Gasteiger partial charge is 0.365 e. The molecule has 1 N–H and O–H groups in total. The fraction of sp³-hybridized carbons (Fsp3) is 0.619. The molecule has 1 aliphatic carbocycles. The van der Waals surface area contributed by atoms with Gasteiger partial charge in [0.2, 0.25) is 5.95 Å². The molecule has 1 unspecified atom stereocenters. The summed E-state index contributed by atoms with van der Waals surface area (Å²) in [4.78, 5) is 20.0. The predicted octanol–water partition coefficient (Wildman–Crippen LogP) is 3.23. The van der Waals surface area contributed by atoms with Gasteiger partial charge in [0.05, 0.1) is 5.69 Å². The van der Waals surface area contributed by atoms with Gasteiger partial charge in [0, 0.05) is 39.3 Å². The van der Waals surface area contributed by atoms with Crippen molar-refractivity contribution in [3.05, 3.63) is 35.4 Å². The molecule has 6 heteroatoms. The molecule has 2 heterocycles. The van der Waals surface area contributed by atoms with E-state index in [1.807, 2.05) is 4.90 Å². The quantitative estimate of drug-likeness (QED) is 0.635. The molecule has 1 saturated heterocycles. The molecule has 5 nitrogen and oxygen atoms in total. The summed E-state index contributed by atoms with van der Waals surface area (Å²) in [6.07, 6.45) is 5.87. The van der Waals surface area contributed by atoms with E-state index in [1.54, 1.807) is 17.7 Å². The molecular formula is C21H31FN4O. The predicted molar refractivity (Wildman–Crippen MR) is 107 cm³/mol. The summed E-state index contributed by atoms with van der Waals surface area (Å²) < 4.78 is 14.4. The van der Waals surface area contributed by atoms with Gasteiger partial charge in [-0.1, -0.05) is 32.4 Å². The number of anilines is 1. The maximum Gasteiger partial charge on any atom is 0.269 e. The number of nitrogens with zero attached hydrogens (tertiary/aromatic N) is 3. The molecule has 0 bridgehead atoms. The summed E-state index contributed by atoms with van der Waals surface area (Å²) in [5, 5.41) is 2.47. The molecule has 2 aliphatic rings. The molecule has 0 saturated carbocycles. The number of piperazine rings is 1. The minimum atomic E-state index is -0.570. The molecule has 1 atom stereocenters. The standard InChI is InChI=1S/C21H31FN4O/c1-5-21(2,3)15-6-7-16(14-15)25-10-12-26(13-11-25)18-9-8-17(20(27)23-4)24-19(18)22/h6,8-9,16H,5,7,10-14H2,1-4H3,(H,23,27). The Balaban J connectivity index is 1.58. The molecule has 1 amide bonds. The summed E-state index contributed by atoms with van der Waals surface area (Å²) in [6.45, 7) is 10.3. The minimum absolute atomic E-state index is 0.112. The zero-order valence-corrected chi connectivity index (χ0v) is 16.9. The third-order valence-electron chi connectivity index (χ3n) is 6.31. The molecule has 27 heavy (non-hydrogen) atoms. The number of halogens is 1. The summed E-state index contributed by atoms with van der Waals surface area (Å²) in [7, 11) is 1.51. The molecule has 1 aromatic heterocycles. The topological polar surface area (TPSA) is 48.5 Å². The highest BCUT2D eigenvalue weighted by atomic mass is 19.1. The second kappa shape index (κ2) is 7.97. The van der Waals surface area contributed by atoms with E-state index in [-0.39, 0.29) is 17.0 Å². The fourth-order valence-electron chi connectivity index (χ4n) is 4.00. The van der Waals surface area contributed by atoms with Gasteiger partial charge < -0.3 is 10.2 Å². The Labute approximate surface area is 161 Å². The molecule has 1 fully saturated rings. The van der Waals surface area contributed by atoms with Crippen LogP contribution in [0.2, 0.25) is 0 Å². The average molecular weight is 375 g/mol. The van der Waals surface area contributed by atoms with Gasteiger partial charge >= 0.3 is 0 Å². The average Bonchev–Trinajstić information content (AvgIpc) is 3.18. The van der Waals surface area contributed by atoms with Gasteiger partial charge in [-0.05, 0) is 36.8 Å². The third kappa shape index (κ3) is 4.15. The Bertz CT molecular complexity index is 723. The first-order chi connectivity index (χ1) is 12.9. The van der Waals surface area contributed by atoms with Crippen molar-refractivity contribution >= 4 is 11.6 Å². The van der Waals surface area contributed by atoms with E-state index in [9.17, 15) is 9.18 Å². The summed E-state index contributed by atoms with van der Waals surface area (Å²) >= 11 is 0. The Morgan fingerprint density at radius 3 is 2.59 bits per heavy atom. The van der Waals surface area contributed by atoms with Gasteiger partial charge in [0.25, 0.3) is 5.91 Å². The van der Waals surface area contributed by atoms with Crippen LogP contribution in [-0.2, 0) is 0 Å². The molecule has 1 aromatic rings. The van der Waals surface area contributed by atoms with Crippen molar-refractivity contribution in [2.24, 2.45) is 5.41 Å². The van der Waals surface area contributed by atoms with Crippen molar-refractivity contribution in [1.29, 1.82) is 0 Å². The maximum atomic E-state index is 14.4. The van der Waals surface area contributed by atoms with Gasteiger partial charge in [-0.15, -0.1) is 0 Å². The Hall–Kier alpha value is -1.95. The van der Waals surface area contributed by atoms with E-state index >= 15 is 0 Å². The van der Waals surface area contributed by atoms with Crippen LogP contribution in [0.5, 0.6) is 0 Å². The first-order valence-electron chi connectivity index (χ1n) is 9.93.